The van der Waals surface area contributed by atoms with Crippen molar-refractivity contribution in [2.45, 2.75) is 83.5 Å². The van der Waals surface area contributed by atoms with E-state index in [2.05, 4.69) is 31.2 Å². The zero-order valence-corrected chi connectivity index (χ0v) is 15.3. The van der Waals surface area contributed by atoms with Crippen molar-refractivity contribution < 1.29 is 0 Å². The number of nitriles is 1. The van der Waals surface area contributed by atoms with Crippen molar-refractivity contribution in [3.05, 3.63) is 41.5 Å². The van der Waals surface area contributed by atoms with Gasteiger partial charge < -0.3 is 0 Å². The second kappa shape index (κ2) is 11.1. The first-order valence-corrected chi connectivity index (χ1v) is 9.99. The fourth-order valence-electron chi connectivity index (χ4n) is 4.01. The highest BCUT2D eigenvalue weighted by Crippen LogP contribution is 2.37. The molecule has 0 N–H and O–H groups in total. The Labute approximate surface area is 148 Å². The Kier molecular flexibility index (Phi) is 8.67. The molecular formula is C23H33N. The number of hydrogen-bond acceptors (Lipinski definition) is 1. The van der Waals surface area contributed by atoms with Crippen LogP contribution in [0.2, 0.25) is 0 Å². The molecule has 1 aromatic carbocycles. The first-order valence-electron chi connectivity index (χ1n) is 9.99. The fraction of sp³-hybridized carbons (Fsp3) is 0.609. The first kappa shape index (κ1) is 18.8. The largest absolute Gasteiger partial charge is 0.193 e. The van der Waals surface area contributed by atoms with Crippen LogP contribution >= 0.6 is 0 Å². The van der Waals surface area contributed by atoms with Crippen LogP contribution in [0.4, 0.5) is 0 Å². The standard InChI is InChI=1S/C23H33N/c1-2-3-4-5-6-7-9-20-11-15-22(16-12-20)23-17-13-21(14-18-23)10-8-19-24/h8,10,13-14,17-18,20,22H,2-7,9,11-12,15-16H2,1H3/b10-8+/t20-,22-. The first-order chi connectivity index (χ1) is 11.8. The van der Waals surface area contributed by atoms with Gasteiger partial charge in [-0.15, -0.1) is 0 Å². The average molecular weight is 324 g/mol. The SMILES string of the molecule is CCCCCCCC[C@H]1CC[C@H](c2ccc(/C=C/C#N)cc2)CC1. The van der Waals surface area contributed by atoms with Crippen molar-refractivity contribution in [1.29, 1.82) is 5.26 Å². The van der Waals surface area contributed by atoms with Gasteiger partial charge in [-0.3, -0.25) is 0 Å². The van der Waals surface area contributed by atoms with Gasteiger partial charge in [0.05, 0.1) is 6.07 Å². The second-order valence-corrected chi connectivity index (χ2v) is 7.40. The van der Waals surface area contributed by atoms with E-state index in [0.29, 0.717) is 0 Å². The Hall–Kier alpha value is -1.55. The van der Waals surface area contributed by atoms with Gasteiger partial charge in [0.15, 0.2) is 0 Å². The smallest absolute Gasteiger partial charge is 0.0912 e. The summed E-state index contributed by atoms with van der Waals surface area (Å²) < 4.78 is 0. The van der Waals surface area contributed by atoms with Gasteiger partial charge in [-0.1, -0.05) is 76.1 Å². The zero-order chi connectivity index (χ0) is 17.0. The fourth-order valence-corrected chi connectivity index (χ4v) is 4.01. The van der Waals surface area contributed by atoms with E-state index in [-0.39, 0.29) is 0 Å². The van der Waals surface area contributed by atoms with Gasteiger partial charge in [0.2, 0.25) is 0 Å². The van der Waals surface area contributed by atoms with Crippen LogP contribution in [-0.2, 0) is 0 Å². The van der Waals surface area contributed by atoms with Crippen molar-refractivity contribution in [2.24, 2.45) is 5.92 Å². The molecule has 0 heterocycles. The van der Waals surface area contributed by atoms with E-state index in [1.54, 1.807) is 6.08 Å². The summed E-state index contributed by atoms with van der Waals surface area (Å²) in [5.74, 6) is 1.73. The molecule has 1 saturated carbocycles. The highest BCUT2D eigenvalue weighted by Gasteiger charge is 2.21. The molecular weight excluding hydrogens is 290 g/mol. The van der Waals surface area contributed by atoms with Crippen LogP contribution in [0.15, 0.2) is 30.3 Å². The molecule has 0 spiro atoms. The van der Waals surface area contributed by atoms with Crippen molar-refractivity contribution in [2.75, 3.05) is 0 Å². The van der Waals surface area contributed by atoms with Gasteiger partial charge in [-0.05, 0) is 54.7 Å². The van der Waals surface area contributed by atoms with Crippen LogP contribution in [-0.4, -0.2) is 0 Å². The molecule has 0 aromatic heterocycles. The third-order valence-corrected chi connectivity index (χ3v) is 5.57. The van der Waals surface area contributed by atoms with Gasteiger partial charge in [-0.25, -0.2) is 0 Å². The van der Waals surface area contributed by atoms with E-state index in [9.17, 15) is 0 Å². The molecule has 0 radical (unpaired) electrons. The Morgan fingerprint density at radius 2 is 1.62 bits per heavy atom. The van der Waals surface area contributed by atoms with Crippen LogP contribution in [0.5, 0.6) is 0 Å². The average Bonchev–Trinajstić information content (AvgIpc) is 2.64. The Morgan fingerprint density at radius 3 is 2.29 bits per heavy atom. The van der Waals surface area contributed by atoms with Gasteiger partial charge in [0, 0.05) is 6.08 Å². The second-order valence-electron chi connectivity index (χ2n) is 7.40. The van der Waals surface area contributed by atoms with E-state index in [1.165, 1.54) is 76.2 Å². The van der Waals surface area contributed by atoms with Gasteiger partial charge in [0.1, 0.15) is 0 Å². The zero-order valence-electron chi connectivity index (χ0n) is 15.3. The quantitative estimate of drug-likeness (QED) is 0.347. The summed E-state index contributed by atoms with van der Waals surface area (Å²) in [5, 5.41) is 8.59. The predicted molar refractivity (Wildman–Crippen MR) is 104 cm³/mol. The van der Waals surface area contributed by atoms with Crippen LogP contribution in [0, 0.1) is 17.2 Å². The van der Waals surface area contributed by atoms with E-state index >= 15 is 0 Å². The lowest BCUT2D eigenvalue weighted by Crippen LogP contribution is -2.13. The Balaban J connectivity index is 1.67. The number of rotatable bonds is 9. The van der Waals surface area contributed by atoms with E-state index < -0.39 is 0 Å². The van der Waals surface area contributed by atoms with Crippen LogP contribution < -0.4 is 0 Å². The number of unbranched alkanes of at least 4 members (excludes halogenated alkanes) is 5. The van der Waals surface area contributed by atoms with Crippen molar-refractivity contribution in [3.63, 3.8) is 0 Å². The van der Waals surface area contributed by atoms with Gasteiger partial charge >= 0.3 is 0 Å². The molecule has 1 aliphatic carbocycles. The monoisotopic (exact) mass is 323 g/mol. The van der Waals surface area contributed by atoms with Crippen molar-refractivity contribution >= 4 is 6.08 Å². The number of nitrogens with zero attached hydrogens (tertiary/aromatic N) is 1. The molecule has 0 saturated heterocycles. The van der Waals surface area contributed by atoms with Gasteiger partial charge in [0.25, 0.3) is 0 Å². The molecule has 0 bridgehead atoms. The third-order valence-electron chi connectivity index (χ3n) is 5.57. The van der Waals surface area contributed by atoms with E-state index in [1.807, 2.05) is 12.1 Å². The minimum atomic E-state index is 0.750. The lowest BCUT2D eigenvalue weighted by molar-refractivity contribution is 0.302. The Morgan fingerprint density at radius 1 is 0.958 bits per heavy atom. The normalized spacial score (nSPS) is 21.0. The summed E-state index contributed by atoms with van der Waals surface area (Å²) in [6.45, 7) is 2.29. The molecule has 1 aliphatic rings. The molecule has 130 valence electrons. The third kappa shape index (κ3) is 6.52. The molecule has 0 unspecified atom stereocenters. The number of allylic oxidation sites excluding steroid dienone is 1. The molecule has 24 heavy (non-hydrogen) atoms. The lowest BCUT2D eigenvalue weighted by atomic mass is 9.77. The maximum absolute atomic E-state index is 8.59. The summed E-state index contributed by atoms with van der Waals surface area (Å²) in [6.07, 6.45) is 18.9. The highest BCUT2D eigenvalue weighted by atomic mass is 14.3. The predicted octanol–water partition coefficient (Wildman–Crippen LogP) is 7.25. The van der Waals surface area contributed by atoms with Gasteiger partial charge in [-0.2, -0.15) is 5.26 Å². The summed E-state index contributed by atoms with van der Waals surface area (Å²) >= 11 is 0. The number of benzene rings is 1. The molecule has 0 aliphatic heterocycles. The topological polar surface area (TPSA) is 23.8 Å². The lowest BCUT2D eigenvalue weighted by Gasteiger charge is -2.29. The molecule has 0 amide bonds. The maximum atomic E-state index is 8.59. The van der Waals surface area contributed by atoms with Crippen LogP contribution in [0.1, 0.15) is 94.6 Å². The summed E-state index contributed by atoms with van der Waals surface area (Å²) in [6, 6.07) is 10.9. The minimum absolute atomic E-state index is 0.750. The summed E-state index contributed by atoms with van der Waals surface area (Å²) in [7, 11) is 0. The van der Waals surface area contributed by atoms with Crippen molar-refractivity contribution in [1.82, 2.24) is 0 Å². The van der Waals surface area contributed by atoms with Crippen LogP contribution in [0.25, 0.3) is 6.08 Å². The highest BCUT2D eigenvalue weighted by molar-refractivity contribution is 5.52. The summed E-state index contributed by atoms with van der Waals surface area (Å²) in [5.41, 5.74) is 2.61. The summed E-state index contributed by atoms with van der Waals surface area (Å²) in [4.78, 5) is 0. The number of hydrogen-bond donors (Lipinski definition) is 0. The van der Waals surface area contributed by atoms with Crippen molar-refractivity contribution in [3.8, 4) is 6.07 Å². The molecule has 0 atom stereocenters. The molecule has 1 heteroatoms. The minimum Gasteiger partial charge on any atom is -0.193 e. The molecule has 1 aromatic rings. The molecule has 1 fully saturated rings. The van der Waals surface area contributed by atoms with E-state index in [0.717, 1.165) is 17.4 Å². The maximum Gasteiger partial charge on any atom is 0.0912 e. The van der Waals surface area contributed by atoms with Crippen LogP contribution in [0.3, 0.4) is 0 Å². The molecule has 2 rings (SSSR count). The Bertz CT molecular complexity index is 512. The molecule has 1 nitrogen and oxygen atoms in total. The van der Waals surface area contributed by atoms with E-state index in [4.69, 9.17) is 5.26 Å².